The van der Waals surface area contributed by atoms with Crippen molar-refractivity contribution in [3.8, 4) is 28.5 Å². The fourth-order valence-electron chi connectivity index (χ4n) is 4.79. The Kier molecular flexibility index (Phi) is 5.63. The Morgan fingerprint density at radius 2 is 2.03 bits per heavy atom. The van der Waals surface area contributed by atoms with Crippen LogP contribution in [0.15, 0.2) is 83.3 Å². The SMILES string of the molecule is Cc1ccc(Sn2c(-c3cccc(C4CC4C(=O)O)c3)c(-c3ccsc3C#N)c3ccncc32)cc1. The molecule has 2 unspecified atom stereocenters. The minimum absolute atomic E-state index is 0.0333. The number of carboxylic acid groups (broad SMARTS) is 1. The molecule has 1 N–H and O–H groups in total. The minimum atomic E-state index is -0.738. The van der Waals surface area contributed by atoms with Crippen molar-refractivity contribution in [2.24, 2.45) is 5.92 Å². The molecule has 1 saturated carbocycles. The summed E-state index contributed by atoms with van der Waals surface area (Å²) < 4.78 is 2.20. The van der Waals surface area contributed by atoms with E-state index in [0.717, 1.165) is 43.7 Å². The first-order chi connectivity index (χ1) is 17.5. The Hall–Kier alpha value is -3.86. The van der Waals surface area contributed by atoms with Gasteiger partial charge in [0, 0.05) is 33.2 Å². The van der Waals surface area contributed by atoms with Crippen LogP contribution in [0.25, 0.3) is 33.3 Å². The number of aryl methyl sites for hydroxylation is 1. The number of thiophene rings is 1. The van der Waals surface area contributed by atoms with E-state index in [9.17, 15) is 15.2 Å². The Labute approximate surface area is 216 Å². The second-order valence-corrected chi connectivity index (χ2v) is 10.9. The van der Waals surface area contributed by atoms with Crippen molar-refractivity contribution in [3.63, 3.8) is 0 Å². The summed E-state index contributed by atoms with van der Waals surface area (Å²) in [7, 11) is 0. The number of aliphatic carboxylic acids is 1. The molecule has 0 aliphatic heterocycles. The van der Waals surface area contributed by atoms with Crippen LogP contribution in [0.4, 0.5) is 0 Å². The molecule has 0 radical (unpaired) electrons. The highest BCUT2D eigenvalue weighted by molar-refractivity contribution is 7.98. The molecule has 3 aromatic heterocycles. The standard InChI is InChI=1S/C29H21N3O2S2/c1-17-5-7-20(8-6-17)36-32-25-16-31-11-9-21(25)27(22-10-12-35-26(22)15-30)28(32)19-4-2-3-18(13-19)23-14-24(23)29(33)34/h2-13,16,23-24H,14H2,1H3,(H,33,34). The molecular weight excluding hydrogens is 486 g/mol. The van der Waals surface area contributed by atoms with E-state index in [4.69, 9.17) is 0 Å². The molecule has 5 nitrogen and oxygen atoms in total. The third-order valence-corrected chi connectivity index (χ3v) is 8.54. The number of carbonyl (C=O) groups is 1. The van der Waals surface area contributed by atoms with E-state index >= 15 is 0 Å². The lowest BCUT2D eigenvalue weighted by molar-refractivity contribution is -0.138. The summed E-state index contributed by atoms with van der Waals surface area (Å²) in [5, 5.41) is 22.3. The number of nitrogens with zero attached hydrogens (tertiary/aromatic N) is 3. The lowest BCUT2D eigenvalue weighted by Gasteiger charge is -2.13. The number of rotatable bonds is 6. The molecule has 7 heteroatoms. The van der Waals surface area contributed by atoms with Gasteiger partial charge in [-0.05, 0) is 72.5 Å². The Bertz CT molecular complexity index is 1660. The van der Waals surface area contributed by atoms with Gasteiger partial charge in [-0.25, -0.2) is 0 Å². The van der Waals surface area contributed by atoms with E-state index in [1.165, 1.54) is 16.9 Å². The summed E-state index contributed by atoms with van der Waals surface area (Å²) in [6, 6.07) is 23.0. The zero-order valence-corrected chi connectivity index (χ0v) is 21.0. The fourth-order valence-corrected chi connectivity index (χ4v) is 6.48. The molecule has 2 aromatic carbocycles. The lowest BCUT2D eigenvalue weighted by atomic mass is 9.97. The molecule has 1 aliphatic carbocycles. The van der Waals surface area contributed by atoms with Crippen molar-refractivity contribution in [1.82, 2.24) is 8.96 Å². The number of carboxylic acids is 1. The van der Waals surface area contributed by atoms with Crippen LogP contribution >= 0.6 is 23.3 Å². The van der Waals surface area contributed by atoms with E-state index in [1.807, 2.05) is 35.8 Å². The second-order valence-electron chi connectivity index (χ2n) is 9.00. The number of aromatic nitrogens is 2. The highest BCUT2D eigenvalue weighted by Gasteiger charge is 2.44. The maximum absolute atomic E-state index is 11.5. The van der Waals surface area contributed by atoms with Crippen LogP contribution in [0, 0.1) is 24.2 Å². The Balaban J connectivity index is 1.61. The molecular formula is C29H21N3O2S2. The zero-order valence-electron chi connectivity index (χ0n) is 19.4. The third kappa shape index (κ3) is 3.89. The van der Waals surface area contributed by atoms with Crippen molar-refractivity contribution in [3.05, 3.63) is 94.4 Å². The maximum atomic E-state index is 11.5. The van der Waals surface area contributed by atoms with Gasteiger partial charge in [0.05, 0.1) is 23.3 Å². The first-order valence-electron chi connectivity index (χ1n) is 11.6. The van der Waals surface area contributed by atoms with Crippen LogP contribution in [0.2, 0.25) is 0 Å². The van der Waals surface area contributed by atoms with Crippen LogP contribution in [0.1, 0.15) is 28.3 Å². The lowest BCUT2D eigenvalue weighted by Crippen LogP contribution is -1.99. The van der Waals surface area contributed by atoms with Gasteiger partial charge in [-0.1, -0.05) is 35.9 Å². The Morgan fingerprint density at radius 3 is 2.78 bits per heavy atom. The average Bonchev–Trinajstić information content (AvgIpc) is 3.47. The van der Waals surface area contributed by atoms with E-state index < -0.39 is 5.97 Å². The summed E-state index contributed by atoms with van der Waals surface area (Å²) in [6.07, 6.45) is 4.32. The molecule has 0 amide bonds. The smallest absolute Gasteiger partial charge is 0.307 e. The van der Waals surface area contributed by atoms with Crippen LogP contribution in [0.5, 0.6) is 0 Å². The molecule has 5 aromatic rings. The molecule has 0 spiro atoms. The van der Waals surface area contributed by atoms with Crippen LogP contribution in [0.3, 0.4) is 0 Å². The number of nitriles is 1. The average molecular weight is 508 g/mol. The molecule has 1 fully saturated rings. The summed E-state index contributed by atoms with van der Waals surface area (Å²) in [5.41, 5.74) is 7.05. The quantitative estimate of drug-likeness (QED) is 0.260. The van der Waals surface area contributed by atoms with Gasteiger partial charge >= 0.3 is 5.97 Å². The largest absolute Gasteiger partial charge is 0.481 e. The van der Waals surface area contributed by atoms with Gasteiger partial charge in [-0.15, -0.1) is 11.3 Å². The second kappa shape index (κ2) is 8.98. The van der Waals surface area contributed by atoms with E-state index in [2.05, 4.69) is 58.3 Å². The van der Waals surface area contributed by atoms with Gasteiger partial charge in [0.15, 0.2) is 0 Å². The van der Waals surface area contributed by atoms with E-state index in [-0.39, 0.29) is 11.8 Å². The van der Waals surface area contributed by atoms with Crippen molar-refractivity contribution < 1.29 is 9.90 Å². The number of pyridine rings is 1. The van der Waals surface area contributed by atoms with Crippen molar-refractivity contribution in [2.75, 3.05) is 0 Å². The number of hydrogen-bond donors (Lipinski definition) is 1. The predicted molar refractivity (Wildman–Crippen MR) is 144 cm³/mol. The van der Waals surface area contributed by atoms with Gasteiger partial charge in [0.25, 0.3) is 0 Å². The highest BCUT2D eigenvalue weighted by Crippen LogP contribution is 2.50. The number of fused-ring (bicyclic) bond motifs is 1. The minimum Gasteiger partial charge on any atom is -0.481 e. The first-order valence-corrected chi connectivity index (χ1v) is 13.2. The molecule has 1 aliphatic rings. The van der Waals surface area contributed by atoms with E-state index in [0.29, 0.717) is 11.3 Å². The molecule has 0 saturated heterocycles. The first kappa shape index (κ1) is 22.6. The van der Waals surface area contributed by atoms with Gasteiger partial charge in [0.1, 0.15) is 10.9 Å². The maximum Gasteiger partial charge on any atom is 0.307 e. The monoisotopic (exact) mass is 507 g/mol. The summed E-state index contributed by atoms with van der Waals surface area (Å²) in [6.45, 7) is 2.07. The molecule has 6 rings (SSSR count). The van der Waals surface area contributed by atoms with E-state index in [1.54, 1.807) is 18.1 Å². The Morgan fingerprint density at radius 1 is 1.19 bits per heavy atom. The molecule has 0 bridgehead atoms. The predicted octanol–water partition coefficient (Wildman–Crippen LogP) is 7.36. The van der Waals surface area contributed by atoms with Crippen LogP contribution in [-0.4, -0.2) is 20.0 Å². The highest BCUT2D eigenvalue weighted by atomic mass is 32.2. The summed E-state index contributed by atoms with van der Waals surface area (Å²) >= 11 is 3.05. The summed E-state index contributed by atoms with van der Waals surface area (Å²) in [5.74, 6) is -1.03. The van der Waals surface area contributed by atoms with Gasteiger partial charge in [-0.3, -0.25) is 13.8 Å². The number of hydrogen-bond acceptors (Lipinski definition) is 5. The molecule has 3 heterocycles. The number of benzene rings is 2. The van der Waals surface area contributed by atoms with Crippen molar-refractivity contribution >= 4 is 40.2 Å². The third-order valence-electron chi connectivity index (χ3n) is 6.68. The molecule has 176 valence electrons. The fraction of sp³-hybridized carbons (Fsp3) is 0.138. The van der Waals surface area contributed by atoms with Crippen LogP contribution < -0.4 is 0 Å². The molecule has 36 heavy (non-hydrogen) atoms. The summed E-state index contributed by atoms with van der Waals surface area (Å²) in [4.78, 5) is 17.7. The van der Waals surface area contributed by atoms with Crippen molar-refractivity contribution in [2.45, 2.75) is 24.2 Å². The van der Waals surface area contributed by atoms with Gasteiger partial charge in [0.2, 0.25) is 0 Å². The zero-order chi connectivity index (χ0) is 24.8. The topological polar surface area (TPSA) is 78.9 Å². The van der Waals surface area contributed by atoms with Crippen LogP contribution in [-0.2, 0) is 4.79 Å². The van der Waals surface area contributed by atoms with Crippen molar-refractivity contribution in [1.29, 1.82) is 5.26 Å². The normalized spacial score (nSPS) is 16.7. The molecule has 2 atom stereocenters. The van der Waals surface area contributed by atoms with Gasteiger partial charge in [-0.2, -0.15) is 5.26 Å². The van der Waals surface area contributed by atoms with Gasteiger partial charge < -0.3 is 5.11 Å².